The lowest BCUT2D eigenvalue weighted by atomic mass is 9.95. The number of carboxylic acids is 1. The molecule has 1 amide bonds. The molecule has 1 aromatic rings. The molecule has 0 radical (unpaired) electrons. The van der Waals surface area contributed by atoms with E-state index in [1.54, 1.807) is 7.11 Å². The third kappa shape index (κ3) is 5.19. The van der Waals surface area contributed by atoms with Crippen molar-refractivity contribution in [3.63, 3.8) is 0 Å². The van der Waals surface area contributed by atoms with Crippen LogP contribution in [-0.4, -0.2) is 29.6 Å². The van der Waals surface area contributed by atoms with E-state index in [0.29, 0.717) is 19.4 Å². The SMILES string of the molecule is CCCC(C)(NC(=O)Cc1cccc(COC)c1)C(=O)O. The van der Waals surface area contributed by atoms with Gasteiger partial charge in [0.1, 0.15) is 5.54 Å². The summed E-state index contributed by atoms with van der Waals surface area (Å²) in [6.45, 7) is 3.91. The van der Waals surface area contributed by atoms with Gasteiger partial charge < -0.3 is 15.2 Å². The normalized spacial score (nSPS) is 13.5. The van der Waals surface area contributed by atoms with Crippen LogP contribution < -0.4 is 5.32 Å². The van der Waals surface area contributed by atoms with Crippen molar-refractivity contribution in [2.45, 2.75) is 45.3 Å². The van der Waals surface area contributed by atoms with Crippen LogP contribution in [0.3, 0.4) is 0 Å². The molecule has 0 aromatic heterocycles. The lowest BCUT2D eigenvalue weighted by molar-refractivity contribution is -0.147. The van der Waals surface area contributed by atoms with Crippen LogP contribution in [0.15, 0.2) is 24.3 Å². The minimum absolute atomic E-state index is 0.157. The second-order valence-corrected chi connectivity index (χ2v) is 5.37. The van der Waals surface area contributed by atoms with E-state index in [0.717, 1.165) is 11.1 Å². The molecular weight excluding hydrogens is 270 g/mol. The summed E-state index contributed by atoms with van der Waals surface area (Å²) in [4.78, 5) is 23.4. The van der Waals surface area contributed by atoms with E-state index >= 15 is 0 Å². The highest BCUT2D eigenvalue weighted by Gasteiger charge is 2.33. The predicted octanol–water partition coefficient (Wildman–Crippen LogP) is 2.14. The number of hydrogen-bond acceptors (Lipinski definition) is 3. The fourth-order valence-corrected chi connectivity index (χ4v) is 2.26. The molecule has 0 heterocycles. The van der Waals surface area contributed by atoms with E-state index in [1.807, 2.05) is 31.2 Å². The Morgan fingerprint density at radius 3 is 2.57 bits per heavy atom. The van der Waals surface area contributed by atoms with Gasteiger partial charge in [0, 0.05) is 7.11 Å². The van der Waals surface area contributed by atoms with Gasteiger partial charge in [0.15, 0.2) is 0 Å². The summed E-state index contributed by atoms with van der Waals surface area (Å²) in [6, 6.07) is 7.51. The van der Waals surface area contributed by atoms with E-state index in [1.165, 1.54) is 6.92 Å². The average molecular weight is 293 g/mol. The number of nitrogens with one attached hydrogen (secondary N) is 1. The largest absolute Gasteiger partial charge is 0.480 e. The number of methoxy groups -OCH3 is 1. The molecule has 0 aliphatic heterocycles. The van der Waals surface area contributed by atoms with E-state index in [4.69, 9.17) is 4.74 Å². The number of hydrogen-bond donors (Lipinski definition) is 2. The van der Waals surface area contributed by atoms with Crippen molar-refractivity contribution < 1.29 is 19.4 Å². The first-order valence-electron chi connectivity index (χ1n) is 7.02. The first-order valence-corrected chi connectivity index (χ1v) is 7.02. The van der Waals surface area contributed by atoms with Crippen molar-refractivity contribution in [2.24, 2.45) is 0 Å². The first kappa shape index (κ1) is 17.2. The van der Waals surface area contributed by atoms with Gasteiger partial charge in [-0.2, -0.15) is 0 Å². The van der Waals surface area contributed by atoms with Crippen molar-refractivity contribution in [1.82, 2.24) is 5.32 Å². The second-order valence-electron chi connectivity index (χ2n) is 5.37. The van der Waals surface area contributed by atoms with Gasteiger partial charge in [0.2, 0.25) is 5.91 Å². The molecule has 0 saturated carbocycles. The van der Waals surface area contributed by atoms with Crippen LogP contribution in [0.4, 0.5) is 0 Å². The van der Waals surface area contributed by atoms with Gasteiger partial charge in [-0.15, -0.1) is 0 Å². The minimum atomic E-state index is -1.21. The van der Waals surface area contributed by atoms with Crippen LogP contribution in [0.25, 0.3) is 0 Å². The topological polar surface area (TPSA) is 75.6 Å². The van der Waals surface area contributed by atoms with Crippen LogP contribution in [0, 0.1) is 0 Å². The molecule has 0 bridgehead atoms. The maximum absolute atomic E-state index is 12.1. The monoisotopic (exact) mass is 293 g/mol. The molecular formula is C16H23NO4. The summed E-state index contributed by atoms with van der Waals surface area (Å²) in [5.74, 6) is -1.30. The molecule has 1 aromatic carbocycles. The molecule has 0 saturated heterocycles. The Morgan fingerprint density at radius 1 is 1.33 bits per heavy atom. The molecule has 0 spiro atoms. The van der Waals surface area contributed by atoms with Crippen molar-refractivity contribution >= 4 is 11.9 Å². The Labute approximate surface area is 125 Å². The lowest BCUT2D eigenvalue weighted by Gasteiger charge is -2.25. The van der Waals surface area contributed by atoms with E-state index in [-0.39, 0.29) is 12.3 Å². The summed E-state index contributed by atoms with van der Waals surface area (Å²) >= 11 is 0. The van der Waals surface area contributed by atoms with Crippen LogP contribution >= 0.6 is 0 Å². The molecule has 1 atom stereocenters. The van der Waals surface area contributed by atoms with Crippen molar-refractivity contribution in [2.75, 3.05) is 7.11 Å². The summed E-state index contributed by atoms with van der Waals surface area (Å²) in [5.41, 5.74) is 0.610. The third-order valence-corrected chi connectivity index (χ3v) is 3.30. The first-order chi connectivity index (χ1) is 9.91. The Morgan fingerprint density at radius 2 is 2.00 bits per heavy atom. The van der Waals surface area contributed by atoms with Crippen LogP contribution in [0.5, 0.6) is 0 Å². The second kappa shape index (κ2) is 7.78. The molecule has 2 N–H and O–H groups in total. The van der Waals surface area contributed by atoms with Gasteiger partial charge in [-0.1, -0.05) is 37.6 Å². The number of benzene rings is 1. The van der Waals surface area contributed by atoms with Crippen LogP contribution in [0.2, 0.25) is 0 Å². The lowest BCUT2D eigenvalue weighted by Crippen LogP contribution is -2.52. The maximum Gasteiger partial charge on any atom is 0.329 e. The van der Waals surface area contributed by atoms with Gasteiger partial charge in [0.25, 0.3) is 0 Å². The number of rotatable bonds is 8. The van der Waals surface area contributed by atoms with Crippen molar-refractivity contribution in [1.29, 1.82) is 0 Å². The fourth-order valence-electron chi connectivity index (χ4n) is 2.26. The van der Waals surface area contributed by atoms with Crippen LogP contribution in [-0.2, 0) is 27.4 Å². The fraction of sp³-hybridized carbons (Fsp3) is 0.500. The summed E-state index contributed by atoms with van der Waals surface area (Å²) < 4.78 is 5.05. The standard InChI is InChI=1S/C16H23NO4/c1-4-8-16(2,15(19)20)17-14(18)10-12-6-5-7-13(9-12)11-21-3/h5-7,9H,4,8,10-11H2,1-3H3,(H,17,18)(H,19,20). The maximum atomic E-state index is 12.1. The molecule has 0 fully saturated rings. The van der Waals surface area contributed by atoms with Crippen molar-refractivity contribution in [3.8, 4) is 0 Å². The molecule has 1 rings (SSSR count). The smallest absolute Gasteiger partial charge is 0.329 e. The third-order valence-electron chi connectivity index (χ3n) is 3.30. The zero-order chi connectivity index (χ0) is 15.9. The molecule has 116 valence electrons. The predicted molar refractivity (Wildman–Crippen MR) is 80.0 cm³/mol. The highest BCUT2D eigenvalue weighted by Crippen LogP contribution is 2.14. The van der Waals surface area contributed by atoms with Crippen molar-refractivity contribution in [3.05, 3.63) is 35.4 Å². The zero-order valence-corrected chi connectivity index (χ0v) is 12.8. The van der Waals surface area contributed by atoms with E-state index in [2.05, 4.69) is 5.32 Å². The number of carboxylic acid groups (broad SMARTS) is 1. The number of aliphatic carboxylic acids is 1. The molecule has 0 aliphatic rings. The number of carbonyl (C=O) groups excluding carboxylic acids is 1. The molecule has 5 heteroatoms. The Kier molecular flexibility index (Phi) is 6.37. The van der Waals surface area contributed by atoms with Gasteiger partial charge >= 0.3 is 5.97 Å². The summed E-state index contributed by atoms with van der Waals surface area (Å²) in [7, 11) is 1.61. The van der Waals surface area contributed by atoms with Gasteiger partial charge in [0.05, 0.1) is 13.0 Å². The van der Waals surface area contributed by atoms with Gasteiger partial charge in [-0.05, 0) is 24.5 Å². The number of ether oxygens (including phenoxy) is 1. The highest BCUT2D eigenvalue weighted by atomic mass is 16.5. The summed E-state index contributed by atoms with van der Waals surface area (Å²) in [6.07, 6.45) is 1.24. The van der Waals surface area contributed by atoms with E-state index < -0.39 is 11.5 Å². The molecule has 21 heavy (non-hydrogen) atoms. The highest BCUT2D eigenvalue weighted by molar-refractivity contribution is 5.87. The zero-order valence-electron chi connectivity index (χ0n) is 12.8. The van der Waals surface area contributed by atoms with Gasteiger partial charge in [-0.25, -0.2) is 4.79 Å². The number of amides is 1. The Bertz CT molecular complexity index is 501. The Balaban J connectivity index is 2.72. The van der Waals surface area contributed by atoms with Gasteiger partial charge in [-0.3, -0.25) is 4.79 Å². The Hall–Kier alpha value is -1.88. The summed E-state index contributed by atoms with van der Waals surface area (Å²) in [5, 5.41) is 11.9. The minimum Gasteiger partial charge on any atom is -0.480 e. The molecule has 1 unspecified atom stereocenters. The number of carbonyl (C=O) groups is 2. The average Bonchev–Trinajstić information content (AvgIpc) is 2.39. The quantitative estimate of drug-likeness (QED) is 0.770. The van der Waals surface area contributed by atoms with E-state index in [9.17, 15) is 14.7 Å². The van der Waals surface area contributed by atoms with Crippen LogP contribution in [0.1, 0.15) is 37.8 Å². The molecule has 0 aliphatic carbocycles. The molecule has 5 nitrogen and oxygen atoms in total.